The lowest BCUT2D eigenvalue weighted by molar-refractivity contribution is 0.0951. The minimum atomic E-state index is -0.455. The van der Waals surface area contributed by atoms with Gasteiger partial charge in [-0.25, -0.2) is 0 Å². The number of anilines is 1. The summed E-state index contributed by atoms with van der Waals surface area (Å²) in [7, 11) is 0. The monoisotopic (exact) mass is 370 g/mol. The van der Waals surface area contributed by atoms with Crippen LogP contribution in [0.3, 0.4) is 0 Å². The van der Waals surface area contributed by atoms with Crippen LogP contribution in [0.2, 0.25) is 0 Å². The van der Waals surface area contributed by atoms with Crippen LogP contribution in [0.25, 0.3) is 0 Å². The van der Waals surface area contributed by atoms with Crippen LogP contribution in [0.4, 0.5) is 5.69 Å². The maximum Gasteiger partial charge on any atom is 0.274 e. The number of hydrogen-bond acceptors (Lipinski definition) is 4. The normalized spacial score (nSPS) is 10.0. The fourth-order valence-electron chi connectivity index (χ4n) is 2.55. The summed E-state index contributed by atoms with van der Waals surface area (Å²) in [6.45, 7) is 2.40. The molecule has 1 aromatic heterocycles. The van der Waals surface area contributed by atoms with Crippen LogP contribution in [0, 0.1) is 18.3 Å². The molecule has 0 atom stereocenters. The van der Waals surface area contributed by atoms with Crippen LogP contribution in [0.5, 0.6) is 0 Å². The second-order valence-electron chi connectivity index (χ2n) is 6.24. The number of carbonyl (C=O) groups is 2. The molecule has 6 heteroatoms. The van der Waals surface area contributed by atoms with Crippen LogP contribution in [0.15, 0.2) is 66.9 Å². The Hall–Kier alpha value is -3.98. The summed E-state index contributed by atoms with van der Waals surface area (Å²) in [5, 5.41) is 14.4. The molecule has 0 aliphatic heterocycles. The Morgan fingerprint density at radius 3 is 2.57 bits per heavy atom. The Morgan fingerprint density at radius 1 is 1.04 bits per heavy atom. The predicted octanol–water partition coefficient (Wildman–Crippen LogP) is 3.44. The van der Waals surface area contributed by atoms with E-state index in [0.29, 0.717) is 23.4 Å². The Labute approximate surface area is 162 Å². The summed E-state index contributed by atoms with van der Waals surface area (Å²) in [5.74, 6) is -0.744. The molecular weight excluding hydrogens is 352 g/mol. The Balaban J connectivity index is 1.66. The lowest BCUT2D eigenvalue weighted by atomic mass is 10.1. The maximum atomic E-state index is 12.4. The number of amides is 2. The van der Waals surface area contributed by atoms with Crippen LogP contribution in [-0.2, 0) is 6.54 Å². The first kappa shape index (κ1) is 18.8. The molecule has 2 N–H and O–H groups in total. The zero-order valence-corrected chi connectivity index (χ0v) is 15.3. The van der Waals surface area contributed by atoms with Crippen molar-refractivity contribution in [3.05, 3.63) is 94.8 Å². The highest BCUT2D eigenvalue weighted by Crippen LogP contribution is 2.12. The number of nitriles is 1. The number of nitrogens with one attached hydrogen (secondary N) is 2. The third-order valence-corrected chi connectivity index (χ3v) is 4.08. The number of nitrogens with zero attached hydrogens (tertiary/aromatic N) is 2. The molecule has 0 radical (unpaired) electrons. The highest BCUT2D eigenvalue weighted by molar-refractivity contribution is 6.04. The summed E-state index contributed by atoms with van der Waals surface area (Å²) < 4.78 is 0. The molecule has 0 unspecified atom stereocenters. The van der Waals surface area contributed by atoms with Gasteiger partial charge in [0.25, 0.3) is 11.8 Å². The van der Waals surface area contributed by atoms with E-state index >= 15 is 0 Å². The summed E-state index contributed by atoms with van der Waals surface area (Å²) in [4.78, 5) is 28.8. The molecule has 0 saturated heterocycles. The number of aryl methyl sites for hydroxylation is 1. The summed E-state index contributed by atoms with van der Waals surface area (Å²) in [6, 6.07) is 19.4. The third-order valence-electron chi connectivity index (χ3n) is 4.08. The van der Waals surface area contributed by atoms with Crippen molar-refractivity contribution in [2.45, 2.75) is 13.5 Å². The van der Waals surface area contributed by atoms with Crippen LogP contribution in [0.1, 0.15) is 37.5 Å². The molecule has 0 aliphatic rings. The average molecular weight is 370 g/mol. The van der Waals surface area contributed by atoms with Gasteiger partial charge in [0.15, 0.2) is 0 Å². The van der Waals surface area contributed by atoms with Crippen molar-refractivity contribution in [2.24, 2.45) is 0 Å². The third kappa shape index (κ3) is 4.80. The van der Waals surface area contributed by atoms with E-state index in [2.05, 4.69) is 15.6 Å². The fourth-order valence-corrected chi connectivity index (χ4v) is 2.55. The number of aromatic nitrogens is 1. The van der Waals surface area contributed by atoms with Crippen molar-refractivity contribution in [2.75, 3.05) is 5.32 Å². The molecule has 0 saturated carbocycles. The van der Waals surface area contributed by atoms with E-state index in [-0.39, 0.29) is 11.6 Å². The number of benzene rings is 2. The predicted molar refractivity (Wildman–Crippen MR) is 106 cm³/mol. The first-order chi connectivity index (χ1) is 13.5. The molecule has 138 valence electrons. The van der Waals surface area contributed by atoms with Gasteiger partial charge in [-0.1, -0.05) is 35.9 Å². The van der Waals surface area contributed by atoms with E-state index in [1.54, 1.807) is 30.3 Å². The highest BCUT2D eigenvalue weighted by atomic mass is 16.2. The van der Waals surface area contributed by atoms with Gasteiger partial charge in [0, 0.05) is 24.0 Å². The van der Waals surface area contributed by atoms with Gasteiger partial charge in [-0.2, -0.15) is 5.26 Å². The molecule has 3 rings (SSSR count). The van der Waals surface area contributed by atoms with E-state index in [1.807, 2.05) is 37.3 Å². The Morgan fingerprint density at radius 2 is 1.82 bits per heavy atom. The molecule has 28 heavy (non-hydrogen) atoms. The number of rotatable bonds is 5. The van der Waals surface area contributed by atoms with Gasteiger partial charge in [-0.15, -0.1) is 0 Å². The molecule has 3 aromatic rings. The second kappa shape index (κ2) is 8.60. The van der Waals surface area contributed by atoms with Crippen molar-refractivity contribution in [3.8, 4) is 6.07 Å². The molecule has 0 spiro atoms. The van der Waals surface area contributed by atoms with Crippen molar-refractivity contribution in [1.29, 1.82) is 5.26 Å². The standard InChI is InChI=1S/C22H18N4O2/c1-15-5-7-16(8-6-15)14-25-21(27)18-9-10-24-20(12-18)22(28)26-19-4-2-3-17(11-19)13-23/h2-12H,14H2,1H3,(H,25,27)(H,26,28). The van der Waals surface area contributed by atoms with Crippen LogP contribution >= 0.6 is 0 Å². The van der Waals surface area contributed by atoms with Crippen LogP contribution < -0.4 is 10.6 Å². The van der Waals surface area contributed by atoms with Crippen molar-refractivity contribution < 1.29 is 9.59 Å². The van der Waals surface area contributed by atoms with E-state index < -0.39 is 5.91 Å². The largest absolute Gasteiger partial charge is 0.348 e. The molecular formula is C22H18N4O2. The fraction of sp³-hybridized carbons (Fsp3) is 0.0909. The lowest BCUT2D eigenvalue weighted by Crippen LogP contribution is -2.23. The van der Waals surface area contributed by atoms with Crippen molar-refractivity contribution >= 4 is 17.5 Å². The van der Waals surface area contributed by atoms with E-state index in [9.17, 15) is 9.59 Å². The molecule has 6 nitrogen and oxygen atoms in total. The van der Waals surface area contributed by atoms with Gasteiger partial charge < -0.3 is 10.6 Å². The minimum Gasteiger partial charge on any atom is -0.348 e. The maximum absolute atomic E-state index is 12.4. The average Bonchev–Trinajstić information content (AvgIpc) is 2.73. The zero-order valence-electron chi connectivity index (χ0n) is 15.3. The molecule has 1 heterocycles. The zero-order chi connectivity index (χ0) is 19.9. The first-order valence-corrected chi connectivity index (χ1v) is 8.66. The van der Waals surface area contributed by atoms with E-state index in [0.717, 1.165) is 11.1 Å². The smallest absolute Gasteiger partial charge is 0.274 e. The topological polar surface area (TPSA) is 94.9 Å². The van der Waals surface area contributed by atoms with Gasteiger partial charge in [0.05, 0.1) is 11.6 Å². The van der Waals surface area contributed by atoms with E-state index in [1.165, 1.54) is 12.3 Å². The van der Waals surface area contributed by atoms with Crippen molar-refractivity contribution in [1.82, 2.24) is 10.3 Å². The molecule has 2 amide bonds. The second-order valence-corrected chi connectivity index (χ2v) is 6.24. The van der Waals surface area contributed by atoms with Gasteiger partial charge in [-0.3, -0.25) is 14.6 Å². The molecule has 2 aromatic carbocycles. The molecule has 0 aliphatic carbocycles. The van der Waals surface area contributed by atoms with Gasteiger partial charge in [-0.05, 0) is 42.8 Å². The van der Waals surface area contributed by atoms with Crippen LogP contribution in [-0.4, -0.2) is 16.8 Å². The van der Waals surface area contributed by atoms with Gasteiger partial charge in [0.1, 0.15) is 5.69 Å². The van der Waals surface area contributed by atoms with E-state index in [4.69, 9.17) is 5.26 Å². The minimum absolute atomic E-state index is 0.116. The highest BCUT2D eigenvalue weighted by Gasteiger charge is 2.12. The Kier molecular flexibility index (Phi) is 5.78. The van der Waals surface area contributed by atoms with Crippen molar-refractivity contribution in [3.63, 3.8) is 0 Å². The Bertz CT molecular complexity index is 1050. The van der Waals surface area contributed by atoms with Gasteiger partial charge >= 0.3 is 0 Å². The SMILES string of the molecule is Cc1ccc(CNC(=O)c2ccnc(C(=O)Nc3cccc(C#N)c3)c2)cc1. The summed E-state index contributed by atoms with van der Waals surface area (Å²) >= 11 is 0. The summed E-state index contributed by atoms with van der Waals surface area (Å²) in [6.07, 6.45) is 1.42. The van der Waals surface area contributed by atoms with Gasteiger partial charge in [0.2, 0.25) is 0 Å². The number of hydrogen-bond donors (Lipinski definition) is 2. The number of pyridine rings is 1. The molecule has 0 bridgehead atoms. The lowest BCUT2D eigenvalue weighted by Gasteiger charge is -2.08. The quantitative estimate of drug-likeness (QED) is 0.719. The molecule has 0 fully saturated rings. The summed E-state index contributed by atoms with van der Waals surface area (Å²) in [5.41, 5.74) is 3.53. The number of carbonyl (C=O) groups excluding carboxylic acids is 2. The first-order valence-electron chi connectivity index (χ1n) is 8.66.